The Morgan fingerprint density at radius 2 is 2.29 bits per heavy atom. The molecule has 2 rings (SSSR count). The van der Waals surface area contributed by atoms with E-state index < -0.39 is 6.10 Å². The Morgan fingerprint density at radius 3 is 2.95 bits per heavy atom. The zero-order chi connectivity index (χ0) is 15.4. The minimum absolute atomic E-state index is 0.123. The topological polar surface area (TPSA) is 58.2 Å². The summed E-state index contributed by atoms with van der Waals surface area (Å²) in [5.74, 6) is 0.398. The average Bonchev–Trinajstić information content (AvgIpc) is 2.94. The van der Waals surface area contributed by atoms with Crippen LogP contribution in [0, 0.1) is 6.92 Å². The number of hydrogen-bond donors (Lipinski definition) is 1. The number of benzene rings is 1. The van der Waals surface area contributed by atoms with E-state index in [1.165, 1.54) is 0 Å². The van der Waals surface area contributed by atoms with Gasteiger partial charge in [0.2, 0.25) is 0 Å². The molecule has 6 heteroatoms. The molecule has 1 unspecified atom stereocenters. The normalized spacial score (nSPS) is 12.0. The van der Waals surface area contributed by atoms with E-state index >= 15 is 0 Å². The number of rotatable bonds is 5. The number of carbonyl (C=O) groups excluding carboxylic acids is 1. The fourth-order valence-corrected chi connectivity index (χ4v) is 2.12. The first kappa shape index (κ1) is 15.4. The molecule has 0 aliphatic carbocycles. The molecule has 1 N–H and O–H groups in total. The molecule has 112 valence electrons. The number of aromatic amines is 1. The van der Waals surface area contributed by atoms with Gasteiger partial charge in [0.25, 0.3) is 5.91 Å². The summed E-state index contributed by atoms with van der Waals surface area (Å²) in [5, 5.41) is 0.497. The predicted molar refractivity (Wildman–Crippen MR) is 81.3 cm³/mol. The first-order chi connectivity index (χ1) is 9.97. The molecule has 0 bridgehead atoms. The van der Waals surface area contributed by atoms with Gasteiger partial charge in [0.1, 0.15) is 5.75 Å². The lowest BCUT2D eigenvalue weighted by atomic mass is 10.2. The summed E-state index contributed by atoms with van der Waals surface area (Å²) in [6.07, 6.45) is 2.66. The SMILES string of the molecule is Cc1ccc(Cl)c(OC(C)C(=O)N(C)Cc2cnc[nH]2)c1. The summed E-state index contributed by atoms with van der Waals surface area (Å²) in [6, 6.07) is 5.48. The summed E-state index contributed by atoms with van der Waals surface area (Å²) < 4.78 is 5.68. The van der Waals surface area contributed by atoms with E-state index in [-0.39, 0.29) is 5.91 Å². The maximum atomic E-state index is 12.3. The number of hydrogen-bond acceptors (Lipinski definition) is 3. The van der Waals surface area contributed by atoms with Crippen molar-refractivity contribution in [2.45, 2.75) is 26.5 Å². The molecule has 0 saturated heterocycles. The standard InChI is InChI=1S/C15H18ClN3O2/c1-10-4-5-13(16)14(6-10)21-11(2)15(20)19(3)8-12-7-17-9-18-12/h4-7,9,11H,8H2,1-3H3,(H,17,18). The molecule has 1 atom stereocenters. The van der Waals surface area contributed by atoms with Gasteiger partial charge >= 0.3 is 0 Å². The van der Waals surface area contributed by atoms with Crippen LogP contribution in [0.2, 0.25) is 5.02 Å². The van der Waals surface area contributed by atoms with Crippen LogP contribution in [0.15, 0.2) is 30.7 Å². The maximum absolute atomic E-state index is 12.3. The smallest absolute Gasteiger partial charge is 0.263 e. The largest absolute Gasteiger partial charge is 0.479 e. The van der Waals surface area contributed by atoms with Crippen molar-refractivity contribution in [3.8, 4) is 5.75 Å². The van der Waals surface area contributed by atoms with Crippen LogP contribution in [0.25, 0.3) is 0 Å². The Bertz CT molecular complexity index is 613. The third kappa shape index (κ3) is 3.98. The minimum Gasteiger partial charge on any atom is -0.479 e. The molecule has 0 saturated carbocycles. The van der Waals surface area contributed by atoms with Crippen molar-refractivity contribution in [2.24, 2.45) is 0 Å². The average molecular weight is 308 g/mol. The lowest BCUT2D eigenvalue weighted by molar-refractivity contribution is -0.137. The van der Waals surface area contributed by atoms with Crippen molar-refractivity contribution >= 4 is 17.5 Å². The lowest BCUT2D eigenvalue weighted by Crippen LogP contribution is -2.37. The Balaban J connectivity index is 2.00. The van der Waals surface area contributed by atoms with E-state index in [0.29, 0.717) is 17.3 Å². The van der Waals surface area contributed by atoms with Crippen molar-refractivity contribution in [1.29, 1.82) is 0 Å². The number of amides is 1. The molecule has 0 aliphatic rings. The summed E-state index contributed by atoms with van der Waals surface area (Å²) in [6.45, 7) is 4.11. The van der Waals surface area contributed by atoms with Gasteiger partial charge in [-0.1, -0.05) is 17.7 Å². The number of likely N-dealkylation sites (N-methyl/N-ethyl adjacent to an activating group) is 1. The van der Waals surface area contributed by atoms with Gasteiger partial charge in [-0.25, -0.2) is 4.98 Å². The molecular formula is C15H18ClN3O2. The van der Waals surface area contributed by atoms with Crippen LogP contribution >= 0.6 is 11.6 Å². The number of ether oxygens (including phenoxy) is 1. The fraction of sp³-hybridized carbons (Fsp3) is 0.333. The zero-order valence-corrected chi connectivity index (χ0v) is 13.0. The van der Waals surface area contributed by atoms with Crippen molar-refractivity contribution in [3.63, 3.8) is 0 Å². The van der Waals surface area contributed by atoms with E-state index in [0.717, 1.165) is 11.3 Å². The maximum Gasteiger partial charge on any atom is 0.263 e. The molecule has 5 nitrogen and oxygen atoms in total. The van der Waals surface area contributed by atoms with Crippen molar-refractivity contribution in [2.75, 3.05) is 7.05 Å². The third-order valence-electron chi connectivity index (χ3n) is 3.08. The molecule has 0 spiro atoms. The van der Waals surface area contributed by atoms with Gasteiger partial charge in [-0.15, -0.1) is 0 Å². The van der Waals surface area contributed by atoms with Crippen LogP contribution in [0.4, 0.5) is 0 Å². The minimum atomic E-state index is -0.614. The van der Waals surface area contributed by atoms with E-state index in [9.17, 15) is 4.79 Å². The molecular weight excluding hydrogens is 290 g/mol. The van der Waals surface area contributed by atoms with Crippen molar-refractivity contribution in [3.05, 3.63) is 47.0 Å². The highest BCUT2D eigenvalue weighted by molar-refractivity contribution is 6.32. The van der Waals surface area contributed by atoms with Crippen LogP contribution < -0.4 is 4.74 Å². The van der Waals surface area contributed by atoms with E-state index in [1.807, 2.05) is 19.1 Å². The molecule has 1 aromatic heterocycles. The van der Waals surface area contributed by atoms with Crippen LogP contribution in [0.3, 0.4) is 0 Å². The molecule has 1 heterocycles. The fourth-order valence-electron chi connectivity index (χ4n) is 1.96. The summed E-state index contributed by atoms with van der Waals surface area (Å²) in [4.78, 5) is 20.8. The zero-order valence-electron chi connectivity index (χ0n) is 12.3. The van der Waals surface area contributed by atoms with Gasteiger partial charge in [0, 0.05) is 13.2 Å². The Kier molecular flexibility index (Phi) is 4.85. The van der Waals surface area contributed by atoms with Gasteiger partial charge in [0.05, 0.1) is 23.6 Å². The molecule has 0 aliphatic heterocycles. The number of aryl methyl sites for hydroxylation is 1. The van der Waals surface area contributed by atoms with Crippen LogP contribution in [0.1, 0.15) is 18.2 Å². The molecule has 21 heavy (non-hydrogen) atoms. The monoisotopic (exact) mass is 307 g/mol. The van der Waals surface area contributed by atoms with Crippen LogP contribution in [0.5, 0.6) is 5.75 Å². The summed E-state index contributed by atoms with van der Waals surface area (Å²) in [5.41, 5.74) is 1.89. The molecule has 0 fully saturated rings. The number of carbonyl (C=O) groups is 1. The Morgan fingerprint density at radius 1 is 1.52 bits per heavy atom. The van der Waals surface area contributed by atoms with Crippen molar-refractivity contribution < 1.29 is 9.53 Å². The summed E-state index contributed by atoms with van der Waals surface area (Å²) in [7, 11) is 1.72. The quantitative estimate of drug-likeness (QED) is 0.924. The lowest BCUT2D eigenvalue weighted by Gasteiger charge is -2.22. The number of nitrogens with one attached hydrogen (secondary N) is 1. The third-order valence-corrected chi connectivity index (χ3v) is 3.39. The number of aromatic nitrogens is 2. The van der Waals surface area contributed by atoms with Gasteiger partial charge in [-0.2, -0.15) is 0 Å². The molecule has 1 aromatic carbocycles. The highest BCUT2D eigenvalue weighted by Gasteiger charge is 2.20. The van der Waals surface area contributed by atoms with Crippen molar-refractivity contribution in [1.82, 2.24) is 14.9 Å². The summed E-state index contributed by atoms with van der Waals surface area (Å²) >= 11 is 6.08. The molecule has 2 aromatic rings. The number of nitrogens with zero attached hydrogens (tertiary/aromatic N) is 2. The van der Waals surface area contributed by atoms with Gasteiger partial charge in [-0.05, 0) is 31.5 Å². The van der Waals surface area contributed by atoms with Gasteiger partial charge in [0.15, 0.2) is 6.10 Å². The Labute approximate surface area is 128 Å². The number of halogens is 1. The first-order valence-corrected chi connectivity index (χ1v) is 7.00. The highest BCUT2D eigenvalue weighted by Crippen LogP contribution is 2.26. The molecule has 1 amide bonds. The number of imidazole rings is 1. The highest BCUT2D eigenvalue weighted by atomic mass is 35.5. The second kappa shape index (κ2) is 6.63. The second-order valence-electron chi connectivity index (χ2n) is 4.97. The molecule has 0 radical (unpaired) electrons. The predicted octanol–water partition coefficient (Wildman–Crippen LogP) is 2.80. The van der Waals surface area contributed by atoms with Crippen LogP contribution in [-0.4, -0.2) is 33.9 Å². The van der Waals surface area contributed by atoms with Crippen LogP contribution in [-0.2, 0) is 11.3 Å². The Hall–Kier alpha value is -2.01. The second-order valence-corrected chi connectivity index (χ2v) is 5.37. The van der Waals surface area contributed by atoms with E-state index in [4.69, 9.17) is 16.3 Å². The first-order valence-electron chi connectivity index (χ1n) is 6.62. The van der Waals surface area contributed by atoms with E-state index in [1.54, 1.807) is 37.5 Å². The van der Waals surface area contributed by atoms with E-state index in [2.05, 4.69) is 9.97 Å². The van der Waals surface area contributed by atoms with Gasteiger partial charge in [-0.3, -0.25) is 4.79 Å². The van der Waals surface area contributed by atoms with Gasteiger partial charge < -0.3 is 14.6 Å². The number of H-pyrrole nitrogens is 1.